The van der Waals surface area contributed by atoms with Crippen LogP contribution in [-0.4, -0.2) is 13.0 Å². The third kappa shape index (κ3) is 3.53. The van der Waals surface area contributed by atoms with Crippen LogP contribution in [0.2, 0.25) is 5.02 Å². The summed E-state index contributed by atoms with van der Waals surface area (Å²) in [5, 5.41) is 3.31. The molecule has 0 unspecified atom stereocenters. The summed E-state index contributed by atoms with van der Waals surface area (Å²) in [6, 6.07) is 10.4. The smallest absolute Gasteiger partial charge is 0.256 e. The van der Waals surface area contributed by atoms with Gasteiger partial charge in [0.1, 0.15) is 5.75 Å². The number of anilines is 1. The zero-order valence-electron chi connectivity index (χ0n) is 10.4. The van der Waals surface area contributed by atoms with Crippen LogP contribution in [-0.2, 0) is 0 Å². The number of ether oxygens (including phenoxy) is 1. The average molecular weight is 420 g/mol. The van der Waals surface area contributed by atoms with E-state index in [0.29, 0.717) is 26.5 Å². The van der Waals surface area contributed by atoms with Crippen LogP contribution in [0.1, 0.15) is 10.4 Å². The number of rotatable bonds is 3. The van der Waals surface area contributed by atoms with Crippen molar-refractivity contribution >= 4 is 55.1 Å². The van der Waals surface area contributed by atoms with Crippen molar-refractivity contribution in [3.8, 4) is 5.75 Å². The molecule has 0 saturated heterocycles. The second kappa shape index (κ2) is 6.61. The fourth-order valence-corrected chi connectivity index (χ4v) is 3.04. The number of benzene rings is 2. The zero-order valence-corrected chi connectivity index (χ0v) is 14.3. The van der Waals surface area contributed by atoms with Gasteiger partial charge in [0.05, 0.1) is 18.4 Å². The Kier molecular flexibility index (Phi) is 5.07. The van der Waals surface area contributed by atoms with E-state index < -0.39 is 0 Å². The topological polar surface area (TPSA) is 38.3 Å². The first kappa shape index (κ1) is 15.4. The first-order valence-corrected chi connectivity index (χ1v) is 7.57. The van der Waals surface area contributed by atoms with E-state index in [4.69, 9.17) is 16.3 Å². The van der Waals surface area contributed by atoms with Gasteiger partial charge < -0.3 is 10.1 Å². The molecule has 2 aromatic rings. The molecule has 6 heteroatoms. The fraction of sp³-hybridized carbons (Fsp3) is 0.0714. The van der Waals surface area contributed by atoms with Crippen molar-refractivity contribution in [2.45, 2.75) is 0 Å². The van der Waals surface area contributed by atoms with Crippen LogP contribution >= 0.6 is 43.5 Å². The number of methoxy groups -OCH3 is 1. The molecule has 0 aliphatic carbocycles. The molecule has 0 aromatic heterocycles. The van der Waals surface area contributed by atoms with Crippen LogP contribution in [0.4, 0.5) is 5.69 Å². The number of carbonyl (C=O) groups is 1. The van der Waals surface area contributed by atoms with E-state index in [-0.39, 0.29) is 5.91 Å². The lowest BCUT2D eigenvalue weighted by molar-refractivity contribution is 0.102. The van der Waals surface area contributed by atoms with E-state index in [1.165, 1.54) is 7.11 Å². The lowest BCUT2D eigenvalue weighted by Gasteiger charge is -2.11. The molecule has 20 heavy (non-hydrogen) atoms. The van der Waals surface area contributed by atoms with Crippen LogP contribution < -0.4 is 10.1 Å². The Morgan fingerprint density at radius 2 is 1.95 bits per heavy atom. The predicted octanol–water partition coefficient (Wildman–Crippen LogP) is 5.13. The Labute approximate surface area is 138 Å². The minimum absolute atomic E-state index is 0.245. The fourth-order valence-electron chi connectivity index (χ4n) is 1.64. The quantitative estimate of drug-likeness (QED) is 0.749. The molecule has 0 atom stereocenters. The van der Waals surface area contributed by atoms with Crippen molar-refractivity contribution in [3.63, 3.8) is 0 Å². The maximum absolute atomic E-state index is 12.3. The van der Waals surface area contributed by atoms with Crippen LogP contribution in [0.5, 0.6) is 5.75 Å². The SMILES string of the molecule is COc1ccc(Cl)cc1NC(=O)c1ccc(Br)cc1Br. The van der Waals surface area contributed by atoms with E-state index in [9.17, 15) is 4.79 Å². The summed E-state index contributed by atoms with van der Waals surface area (Å²) >= 11 is 12.6. The van der Waals surface area contributed by atoms with Gasteiger partial charge in [-0.3, -0.25) is 4.79 Å². The summed E-state index contributed by atoms with van der Waals surface area (Å²) in [5.74, 6) is 0.306. The van der Waals surface area contributed by atoms with Crippen molar-refractivity contribution in [1.29, 1.82) is 0 Å². The molecule has 0 fully saturated rings. The van der Waals surface area contributed by atoms with E-state index in [1.54, 1.807) is 30.3 Å². The maximum atomic E-state index is 12.3. The minimum Gasteiger partial charge on any atom is -0.495 e. The van der Waals surface area contributed by atoms with Gasteiger partial charge in [0, 0.05) is 14.0 Å². The van der Waals surface area contributed by atoms with Gasteiger partial charge in [-0.25, -0.2) is 0 Å². The molecule has 1 N–H and O–H groups in total. The van der Waals surface area contributed by atoms with Crippen molar-refractivity contribution in [2.75, 3.05) is 12.4 Å². The Morgan fingerprint density at radius 3 is 2.60 bits per heavy atom. The third-order valence-corrected chi connectivity index (χ3v) is 3.97. The summed E-state index contributed by atoms with van der Waals surface area (Å²) < 4.78 is 6.78. The van der Waals surface area contributed by atoms with Gasteiger partial charge in [-0.05, 0) is 52.3 Å². The predicted molar refractivity (Wildman–Crippen MR) is 87.8 cm³/mol. The lowest BCUT2D eigenvalue weighted by atomic mass is 10.2. The highest BCUT2D eigenvalue weighted by Crippen LogP contribution is 2.29. The molecule has 1 amide bonds. The molecule has 2 aromatic carbocycles. The molecular weight excluding hydrogens is 409 g/mol. The molecule has 3 nitrogen and oxygen atoms in total. The molecule has 0 heterocycles. The molecule has 0 radical (unpaired) electrons. The Balaban J connectivity index is 2.30. The van der Waals surface area contributed by atoms with Crippen LogP contribution in [0.25, 0.3) is 0 Å². The van der Waals surface area contributed by atoms with Crippen LogP contribution in [0, 0.1) is 0 Å². The summed E-state index contributed by atoms with van der Waals surface area (Å²) in [7, 11) is 1.54. The van der Waals surface area contributed by atoms with E-state index in [2.05, 4.69) is 37.2 Å². The standard InChI is InChI=1S/C14H10Br2ClNO2/c1-20-13-5-3-9(17)7-12(13)18-14(19)10-4-2-8(15)6-11(10)16/h2-7H,1H3,(H,18,19). The van der Waals surface area contributed by atoms with Crippen molar-refractivity contribution < 1.29 is 9.53 Å². The Bertz CT molecular complexity index is 662. The first-order valence-electron chi connectivity index (χ1n) is 5.61. The molecule has 0 aliphatic heterocycles. The van der Waals surface area contributed by atoms with Crippen LogP contribution in [0.3, 0.4) is 0 Å². The van der Waals surface area contributed by atoms with Crippen molar-refractivity contribution in [1.82, 2.24) is 0 Å². The lowest BCUT2D eigenvalue weighted by Crippen LogP contribution is -2.13. The average Bonchev–Trinajstić information content (AvgIpc) is 2.38. The number of carbonyl (C=O) groups excluding carboxylic acids is 1. The number of halogens is 3. The third-order valence-electron chi connectivity index (χ3n) is 2.59. The largest absolute Gasteiger partial charge is 0.495 e. The number of hydrogen-bond donors (Lipinski definition) is 1. The van der Waals surface area contributed by atoms with Gasteiger partial charge in [-0.2, -0.15) is 0 Å². The Hall–Kier alpha value is -1.04. The number of hydrogen-bond acceptors (Lipinski definition) is 2. The van der Waals surface area contributed by atoms with Crippen molar-refractivity contribution in [2.24, 2.45) is 0 Å². The summed E-state index contributed by atoms with van der Waals surface area (Å²) in [4.78, 5) is 12.3. The molecule has 0 aliphatic rings. The molecule has 104 valence electrons. The molecule has 2 rings (SSSR count). The van der Waals surface area contributed by atoms with Crippen LogP contribution in [0.15, 0.2) is 45.3 Å². The highest BCUT2D eigenvalue weighted by atomic mass is 79.9. The summed E-state index contributed by atoms with van der Waals surface area (Å²) in [6.07, 6.45) is 0. The van der Waals surface area contributed by atoms with Gasteiger partial charge >= 0.3 is 0 Å². The van der Waals surface area contributed by atoms with E-state index in [0.717, 1.165) is 4.47 Å². The van der Waals surface area contributed by atoms with Gasteiger partial charge in [0.2, 0.25) is 0 Å². The highest BCUT2D eigenvalue weighted by molar-refractivity contribution is 9.11. The normalized spacial score (nSPS) is 10.2. The zero-order chi connectivity index (χ0) is 14.7. The highest BCUT2D eigenvalue weighted by Gasteiger charge is 2.13. The van der Waals surface area contributed by atoms with Gasteiger partial charge in [0.15, 0.2) is 0 Å². The van der Waals surface area contributed by atoms with Gasteiger partial charge in [0.25, 0.3) is 5.91 Å². The second-order valence-electron chi connectivity index (χ2n) is 3.92. The maximum Gasteiger partial charge on any atom is 0.256 e. The molecule has 0 saturated carbocycles. The minimum atomic E-state index is -0.245. The monoisotopic (exact) mass is 417 g/mol. The first-order chi connectivity index (χ1) is 9.51. The van der Waals surface area contributed by atoms with E-state index in [1.807, 2.05) is 6.07 Å². The Morgan fingerprint density at radius 1 is 1.20 bits per heavy atom. The number of nitrogens with one attached hydrogen (secondary N) is 1. The van der Waals surface area contributed by atoms with Gasteiger partial charge in [-0.1, -0.05) is 27.5 Å². The molecule has 0 bridgehead atoms. The molecular formula is C14H10Br2ClNO2. The number of amides is 1. The van der Waals surface area contributed by atoms with E-state index >= 15 is 0 Å². The molecule has 0 spiro atoms. The van der Waals surface area contributed by atoms with Gasteiger partial charge in [-0.15, -0.1) is 0 Å². The second-order valence-corrected chi connectivity index (χ2v) is 6.13. The van der Waals surface area contributed by atoms with Crippen molar-refractivity contribution in [3.05, 3.63) is 55.9 Å². The summed E-state index contributed by atoms with van der Waals surface area (Å²) in [6.45, 7) is 0. The summed E-state index contributed by atoms with van der Waals surface area (Å²) in [5.41, 5.74) is 1.05.